The molecule has 3 aromatic rings. The third kappa shape index (κ3) is 5.16. The fraction of sp³-hybridized carbons (Fsp3) is 0.364. The molecule has 1 aliphatic rings. The smallest absolute Gasteiger partial charge is 0.277 e. The number of rotatable bonds is 9. The highest BCUT2D eigenvalue weighted by Crippen LogP contribution is 2.30. The SMILES string of the molecule is Cc1cc(Cl)ccc1Nc1cc2ncn(CC(O)CO)c2cc1C(=O)NOCC1CC1. The molecular weight excluding hydrogens is 420 g/mol. The number of nitrogens with zero attached hydrogens (tertiary/aromatic N) is 2. The highest BCUT2D eigenvalue weighted by Gasteiger charge is 2.23. The third-order valence-corrected chi connectivity index (χ3v) is 5.50. The molecule has 1 saturated carbocycles. The molecule has 1 fully saturated rings. The van der Waals surface area contributed by atoms with Crippen LogP contribution in [0.25, 0.3) is 11.0 Å². The molecule has 0 radical (unpaired) electrons. The molecule has 2 aromatic carbocycles. The number of carbonyl (C=O) groups excluding carboxylic acids is 1. The van der Waals surface area contributed by atoms with Gasteiger partial charge in [-0.05, 0) is 61.6 Å². The fourth-order valence-electron chi connectivity index (χ4n) is 3.30. The average Bonchev–Trinajstić information content (AvgIpc) is 3.49. The summed E-state index contributed by atoms with van der Waals surface area (Å²) >= 11 is 6.06. The third-order valence-electron chi connectivity index (χ3n) is 5.26. The quantitative estimate of drug-likeness (QED) is 0.377. The van der Waals surface area contributed by atoms with Gasteiger partial charge < -0.3 is 20.1 Å². The van der Waals surface area contributed by atoms with Gasteiger partial charge in [0.1, 0.15) is 0 Å². The van der Waals surface area contributed by atoms with Crippen molar-refractivity contribution in [3.63, 3.8) is 0 Å². The predicted molar refractivity (Wildman–Crippen MR) is 118 cm³/mol. The number of fused-ring (bicyclic) bond motifs is 1. The van der Waals surface area contributed by atoms with E-state index < -0.39 is 6.10 Å². The van der Waals surface area contributed by atoms with Gasteiger partial charge in [-0.1, -0.05) is 11.6 Å². The second-order valence-electron chi connectivity index (χ2n) is 7.89. The highest BCUT2D eigenvalue weighted by atomic mass is 35.5. The van der Waals surface area contributed by atoms with Gasteiger partial charge in [-0.15, -0.1) is 0 Å². The van der Waals surface area contributed by atoms with Crippen molar-refractivity contribution in [3.05, 3.63) is 52.8 Å². The van der Waals surface area contributed by atoms with E-state index in [1.165, 1.54) is 0 Å². The molecule has 1 aliphatic carbocycles. The van der Waals surface area contributed by atoms with Crippen molar-refractivity contribution in [1.82, 2.24) is 15.0 Å². The molecule has 31 heavy (non-hydrogen) atoms. The number of hydroxylamine groups is 1. The number of aromatic nitrogens is 2. The number of carbonyl (C=O) groups is 1. The van der Waals surface area contributed by atoms with Crippen LogP contribution in [0.3, 0.4) is 0 Å². The van der Waals surface area contributed by atoms with Gasteiger partial charge in [0.15, 0.2) is 0 Å². The summed E-state index contributed by atoms with van der Waals surface area (Å²) in [5.41, 5.74) is 6.53. The van der Waals surface area contributed by atoms with Gasteiger partial charge in [0, 0.05) is 10.7 Å². The van der Waals surface area contributed by atoms with E-state index in [-0.39, 0.29) is 19.1 Å². The summed E-state index contributed by atoms with van der Waals surface area (Å²) < 4.78 is 1.70. The Hall–Kier alpha value is -2.65. The van der Waals surface area contributed by atoms with Crippen LogP contribution in [0.4, 0.5) is 11.4 Å². The number of aliphatic hydroxyl groups excluding tert-OH is 2. The summed E-state index contributed by atoms with van der Waals surface area (Å²) in [6.45, 7) is 2.22. The lowest BCUT2D eigenvalue weighted by molar-refractivity contribution is 0.0271. The lowest BCUT2D eigenvalue weighted by Crippen LogP contribution is -2.25. The Bertz CT molecular complexity index is 1100. The zero-order valence-electron chi connectivity index (χ0n) is 17.1. The first-order valence-electron chi connectivity index (χ1n) is 10.2. The van der Waals surface area contributed by atoms with E-state index in [0.29, 0.717) is 39.8 Å². The van der Waals surface area contributed by atoms with E-state index in [4.69, 9.17) is 21.5 Å². The maximum absolute atomic E-state index is 12.9. The first-order chi connectivity index (χ1) is 14.9. The molecular formula is C22H25ClN4O4. The lowest BCUT2D eigenvalue weighted by atomic mass is 10.1. The van der Waals surface area contributed by atoms with E-state index in [9.17, 15) is 9.90 Å². The molecule has 1 unspecified atom stereocenters. The Labute approximate surface area is 184 Å². The molecule has 4 rings (SSSR count). The second kappa shape index (κ2) is 9.23. The molecule has 0 bridgehead atoms. The molecule has 0 saturated heterocycles. The van der Waals surface area contributed by atoms with Gasteiger partial charge in [0.2, 0.25) is 0 Å². The number of imidazole rings is 1. The maximum Gasteiger partial charge on any atom is 0.277 e. The van der Waals surface area contributed by atoms with Crippen molar-refractivity contribution in [2.24, 2.45) is 5.92 Å². The van der Waals surface area contributed by atoms with Crippen LogP contribution in [0.5, 0.6) is 0 Å². The molecule has 8 nitrogen and oxygen atoms in total. The fourth-order valence-corrected chi connectivity index (χ4v) is 3.53. The predicted octanol–water partition coefficient (Wildman–Crippen LogP) is 3.17. The second-order valence-corrected chi connectivity index (χ2v) is 8.33. The molecule has 4 N–H and O–H groups in total. The molecule has 1 heterocycles. The number of aliphatic hydroxyl groups is 2. The van der Waals surface area contributed by atoms with E-state index >= 15 is 0 Å². The van der Waals surface area contributed by atoms with E-state index in [2.05, 4.69) is 15.8 Å². The van der Waals surface area contributed by atoms with E-state index in [0.717, 1.165) is 24.1 Å². The first-order valence-corrected chi connectivity index (χ1v) is 10.6. The summed E-state index contributed by atoms with van der Waals surface area (Å²) in [5, 5.41) is 22.9. The van der Waals surface area contributed by atoms with Crippen molar-refractivity contribution in [2.45, 2.75) is 32.4 Å². The largest absolute Gasteiger partial charge is 0.394 e. The van der Waals surface area contributed by atoms with Crippen molar-refractivity contribution in [2.75, 3.05) is 18.5 Å². The molecule has 1 aromatic heterocycles. The zero-order valence-corrected chi connectivity index (χ0v) is 17.9. The van der Waals surface area contributed by atoms with Crippen molar-refractivity contribution in [3.8, 4) is 0 Å². The molecule has 164 valence electrons. The minimum Gasteiger partial charge on any atom is -0.394 e. The highest BCUT2D eigenvalue weighted by molar-refractivity contribution is 6.30. The van der Waals surface area contributed by atoms with Crippen molar-refractivity contribution in [1.29, 1.82) is 0 Å². The number of benzene rings is 2. The van der Waals surface area contributed by atoms with Gasteiger partial charge in [0.05, 0.1) is 54.5 Å². The number of halogens is 1. The monoisotopic (exact) mass is 444 g/mol. The number of anilines is 2. The Morgan fingerprint density at radius 2 is 2.13 bits per heavy atom. The van der Waals surface area contributed by atoms with Crippen molar-refractivity contribution < 1.29 is 19.8 Å². The van der Waals surface area contributed by atoms with E-state index in [1.54, 1.807) is 29.1 Å². The topological polar surface area (TPSA) is 109 Å². The Balaban J connectivity index is 1.68. The van der Waals surface area contributed by atoms with Gasteiger partial charge in [0.25, 0.3) is 5.91 Å². The van der Waals surface area contributed by atoms with E-state index in [1.807, 2.05) is 19.1 Å². The van der Waals surface area contributed by atoms with Crippen LogP contribution in [-0.2, 0) is 11.4 Å². The summed E-state index contributed by atoms with van der Waals surface area (Å²) in [6, 6.07) is 8.95. The molecule has 0 aliphatic heterocycles. The number of hydrogen-bond acceptors (Lipinski definition) is 6. The summed E-state index contributed by atoms with van der Waals surface area (Å²) in [7, 11) is 0. The summed E-state index contributed by atoms with van der Waals surface area (Å²) in [4.78, 5) is 22.7. The molecule has 1 amide bonds. The Kier molecular flexibility index (Phi) is 6.43. The van der Waals surface area contributed by atoms with Crippen LogP contribution < -0.4 is 10.8 Å². The van der Waals surface area contributed by atoms with Crippen LogP contribution in [-0.4, -0.2) is 45.0 Å². The zero-order chi connectivity index (χ0) is 22.0. The van der Waals surface area contributed by atoms with Gasteiger partial charge in [-0.2, -0.15) is 0 Å². The first kappa shape index (κ1) is 21.6. The van der Waals surface area contributed by atoms with Crippen LogP contribution in [0, 0.1) is 12.8 Å². The average molecular weight is 445 g/mol. The number of nitrogens with one attached hydrogen (secondary N) is 2. The molecule has 9 heteroatoms. The minimum atomic E-state index is -0.925. The normalized spacial score (nSPS) is 14.6. The van der Waals surface area contributed by atoms with Crippen LogP contribution in [0.1, 0.15) is 28.8 Å². The maximum atomic E-state index is 12.9. The van der Waals surface area contributed by atoms with Gasteiger partial charge >= 0.3 is 0 Å². The van der Waals surface area contributed by atoms with Gasteiger partial charge in [-0.3, -0.25) is 9.63 Å². The van der Waals surface area contributed by atoms with Crippen molar-refractivity contribution >= 4 is 39.9 Å². The van der Waals surface area contributed by atoms with Crippen LogP contribution >= 0.6 is 11.6 Å². The lowest BCUT2D eigenvalue weighted by Gasteiger charge is -2.15. The Morgan fingerprint density at radius 1 is 1.32 bits per heavy atom. The minimum absolute atomic E-state index is 0.162. The molecule has 0 spiro atoms. The summed E-state index contributed by atoms with van der Waals surface area (Å²) in [6.07, 6.45) is 2.89. The number of hydrogen-bond donors (Lipinski definition) is 4. The summed E-state index contributed by atoms with van der Waals surface area (Å²) in [5.74, 6) is 0.130. The Morgan fingerprint density at radius 3 is 2.84 bits per heavy atom. The molecule has 1 atom stereocenters. The van der Waals surface area contributed by atoms with Crippen LogP contribution in [0.2, 0.25) is 5.02 Å². The number of aryl methyl sites for hydroxylation is 1. The van der Waals surface area contributed by atoms with Crippen LogP contribution in [0.15, 0.2) is 36.7 Å². The van der Waals surface area contributed by atoms with Gasteiger partial charge in [-0.25, -0.2) is 10.5 Å². The standard InChI is InChI=1S/C22H25ClN4O4/c1-13-6-15(23)4-5-18(13)25-19-8-20-21(27(12-24-20)9-16(29)10-28)7-17(19)22(30)26-31-11-14-2-3-14/h4-8,12,14,16,25,28-29H,2-3,9-11H2,1H3,(H,26,30). The number of amides is 1.